The van der Waals surface area contributed by atoms with Crippen molar-refractivity contribution in [2.45, 2.75) is 59.3 Å². The summed E-state index contributed by atoms with van der Waals surface area (Å²) >= 11 is 3.53. The van der Waals surface area contributed by atoms with Crippen LogP contribution in [0.25, 0.3) is 0 Å². The predicted octanol–water partition coefficient (Wildman–Crippen LogP) is 3.71. The van der Waals surface area contributed by atoms with E-state index in [-0.39, 0.29) is 0 Å². The number of carbonyl (C=O) groups is 1. The number of nitrogens with one attached hydrogen (secondary N) is 1. The molecule has 0 aromatic heterocycles. The minimum Gasteiger partial charge on any atom is -0.320 e. The van der Waals surface area contributed by atoms with Crippen LogP contribution in [0.1, 0.15) is 59.3 Å². The Morgan fingerprint density at radius 2 is 1.44 bits per heavy atom. The van der Waals surface area contributed by atoms with Crippen molar-refractivity contribution < 1.29 is 4.79 Å². The zero-order valence-corrected chi connectivity index (χ0v) is 12.7. The van der Waals surface area contributed by atoms with Gasteiger partial charge in [0.25, 0.3) is 0 Å². The average molecular weight is 249 g/mol. The lowest BCUT2D eigenvalue weighted by Crippen LogP contribution is -2.06. The largest absolute Gasteiger partial charge is 0.320 e. The van der Waals surface area contributed by atoms with Crippen LogP contribution in [0.5, 0.6) is 0 Å². The van der Waals surface area contributed by atoms with E-state index in [9.17, 15) is 4.79 Å². The molecule has 0 saturated heterocycles. The summed E-state index contributed by atoms with van der Waals surface area (Å²) in [5, 5.41) is 3.12. The van der Waals surface area contributed by atoms with Crippen molar-refractivity contribution >= 4 is 18.4 Å². The molecule has 0 heterocycles. The summed E-state index contributed by atoms with van der Waals surface area (Å²) in [5.74, 6) is 0.324. The second-order valence-corrected chi connectivity index (χ2v) is 3.32. The molecule has 2 nitrogen and oxygen atoms in total. The molecule has 0 atom stereocenters. The highest BCUT2D eigenvalue weighted by Crippen LogP contribution is 2.04. The molecule has 0 aromatic rings. The van der Waals surface area contributed by atoms with Crippen molar-refractivity contribution in [2.75, 3.05) is 19.8 Å². The van der Waals surface area contributed by atoms with Gasteiger partial charge < -0.3 is 10.1 Å². The van der Waals surface area contributed by atoms with E-state index >= 15 is 0 Å². The van der Waals surface area contributed by atoms with Crippen LogP contribution >= 0.6 is 12.6 Å². The summed E-state index contributed by atoms with van der Waals surface area (Å²) in [4.78, 5) is 10.6. The first-order chi connectivity index (χ1) is 7.77. The minimum atomic E-state index is 0.324. The van der Waals surface area contributed by atoms with Gasteiger partial charge in [-0.2, -0.15) is 12.6 Å². The molecule has 0 aromatic carbocycles. The van der Waals surface area contributed by atoms with Crippen LogP contribution in [0, 0.1) is 0 Å². The highest BCUT2D eigenvalue weighted by atomic mass is 32.1. The van der Waals surface area contributed by atoms with Gasteiger partial charge in [0.1, 0.15) is 5.78 Å². The molecule has 0 spiro atoms. The molecule has 0 bridgehead atoms. The van der Waals surface area contributed by atoms with Crippen molar-refractivity contribution in [2.24, 2.45) is 0 Å². The fourth-order valence-electron chi connectivity index (χ4n) is 1.21. The van der Waals surface area contributed by atoms with Gasteiger partial charge in [-0.05, 0) is 39.6 Å². The molecule has 0 amide bonds. The van der Waals surface area contributed by atoms with Gasteiger partial charge in [-0.3, -0.25) is 0 Å². The van der Waals surface area contributed by atoms with E-state index in [1.165, 1.54) is 25.7 Å². The first-order valence-electron chi connectivity index (χ1n) is 6.36. The van der Waals surface area contributed by atoms with Gasteiger partial charge in [-0.15, -0.1) is 0 Å². The molecule has 0 fully saturated rings. The summed E-state index contributed by atoms with van der Waals surface area (Å²) < 4.78 is 0. The molecule has 0 radical (unpaired) electrons. The number of rotatable bonds is 8. The summed E-state index contributed by atoms with van der Waals surface area (Å²) in [7, 11) is 1.98. The Bertz CT molecular complexity index is 119. The average Bonchev–Trinajstić information content (AvgIpc) is 2.33. The van der Waals surface area contributed by atoms with Crippen molar-refractivity contribution in [3.05, 3.63) is 0 Å². The van der Waals surface area contributed by atoms with Crippen LogP contribution in [-0.2, 0) is 4.79 Å². The summed E-state index contributed by atoms with van der Waals surface area (Å²) in [6.07, 6.45) is 8.58. The molecule has 0 aliphatic rings. The zero-order valence-electron chi connectivity index (χ0n) is 11.8. The van der Waals surface area contributed by atoms with Crippen molar-refractivity contribution in [1.29, 1.82) is 0 Å². The third-order valence-corrected chi connectivity index (χ3v) is 1.96. The second-order valence-electron chi connectivity index (χ2n) is 3.32. The fraction of sp³-hybridized carbons (Fsp3) is 0.923. The minimum absolute atomic E-state index is 0.324. The van der Waals surface area contributed by atoms with Crippen LogP contribution in [0.4, 0.5) is 0 Å². The first-order valence-corrected chi connectivity index (χ1v) is 7.25. The quantitative estimate of drug-likeness (QED) is 0.507. The lowest BCUT2D eigenvalue weighted by Gasteiger charge is -1.99. The van der Waals surface area contributed by atoms with E-state index in [2.05, 4.69) is 17.9 Å². The topological polar surface area (TPSA) is 29.1 Å². The van der Waals surface area contributed by atoms with Crippen LogP contribution in [0.15, 0.2) is 0 Å². The Morgan fingerprint density at radius 1 is 1.00 bits per heavy atom. The SMILES string of the molecule is CC.CNCCCCCCCC(C)=O.CS. The van der Waals surface area contributed by atoms with E-state index in [4.69, 9.17) is 0 Å². The van der Waals surface area contributed by atoms with Gasteiger partial charge in [0.2, 0.25) is 0 Å². The number of thiol groups is 1. The van der Waals surface area contributed by atoms with Gasteiger partial charge >= 0.3 is 0 Å². The Morgan fingerprint density at radius 3 is 1.88 bits per heavy atom. The highest BCUT2D eigenvalue weighted by molar-refractivity contribution is 7.79. The number of carbonyl (C=O) groups excluding carboxylic acids is 1. The molecule has 0 rings (SSSR count). The van der Waals surface area contributed by atoms with Crippen molar-refractivity contribution in [3.8, 4) is 0 Å². The predicted molar refractivity (Wildman–Crippen MR) is 78.6 cm³/mol. The number of ketones is 1. The first kappa shape index (κ1) is 21.3. The van der Waals surface area contributed by atoms with Gasteiger partial charge in [-0.25, -0.2) is 0 Å². The van der Waals surface area contributed by atoms with Gasteiger partial charge in [0, 0.05) is 6.42 Å². The lowest BCUT2D eigenvalue weighted by molar-refractivity contribution is -0.117. The number of hydrogen-bond donors (Lipinski definition) is 2. The van der Waals surface area contributed by atoms with E-state index in [1.54, 1.807) is 13.2 Å². The van der Waals surface area contributed by atoms with Gasteiger partial charge in [-0.1, -0.05) is 33.1 Å². The standard InChI is InChI=1S/C10H21NO.C2H6.CH4S/c1-10(12)8-6-4-3-5-7-9-11-2;2*1-2/h11H,3-9H2,1-2H3;1-2H3;2H,1H3. The monoisotopic (exact) mass is 249 g/mol. The molecular weight excluding hydrogens is 218 g/mol. The lowest BCUT2D eigenvalue weighted by atomic mass is 10.1. The van der Waals surface area contributed by atoms with Crippen LogP contribution in [-0.4, -0.2) is 25.6 Å². The summed E-state index contributed by atoms with van der Waals surface area (Å²) in [6, 6.07) is 0. The molecule has 3 heteroatoms. The normalized spacial score (nSPS) is 8.38. The van der Waals surface area contributed by atoms with Crippen LogP contribution in [0.2, 0.25) is 0 Å². The molecule has 0 aliphatic carbocycles. The number of unbranched alkanes of at least 4 members (excludes halogenated alkanes) is 4. The molecule has 0 unspecified atom stereocenters. The summed E-state index contributed by atoms with van der Waals surface area (Å²) in [6.45, 7) is 6.79. The zero-order chi connectivity index (χ0) is 13.2. The summed E-state index contributed by atoms with van der Waals surface area (Å²) in [5.41, 5.74) is 0. The van der Waals surface area contributed by atoms with Crippen LogP contribution in [0.3, 0.4) is 0 Å². The van der Waals surface area contributed by atoms with E-state index in [0.717, 1.165) is 19.4 Å². The Hall–Kier alpha value is -0.0200. The maximum Gasteiger partial charge on any atom is 0.129 e. The van der Waals surface area contributed by atoms with E-state index in [0.29, 0.717) is 5.78 Å². The fourth-order valence-corrected chi connectivity index (χ4v) is 1.21. The van der Waals surface area contributed by atoms with Crippen molar-refractivity contribution in [1.82, 2.24) is 5.32 Å². The molecule has 0 aliphatic heterocycles. The van der Waals surface area contributed by atoms with Gasteiger partial charge in [0.05, 0.1) is 0 Å². The third-order valence-electron chi connectivity index (χ3n) is 1.96. The highest BCUT2D eigenvalue weighted by Gasteiger charge is 1.93. The maximum absolute atomic E-state index is 10.6. The smallest absolute Gasteiger partial charge is 0.129 e. The van der Waals surface area contributed by atoms with Crippen molar-refractivity contribution in [3.63, 3.8) is 0 Å². The Labute approximate surface area is 108 Å². The van der Waals surface area contributed by atoms with Crippen LogP contribution < -0.4 is 5.32 Å². The molecule has 16 heavy (non-hydrogen) atoms. The Balaban J connectivity index is -0.000000376. The number of hydrogen-bond acceptors (Lipinski definition) is 3. The van der Waals surface area contributed by atoms with E-state index < -0.39 is 0 Å². The van der Waals surface area contributed by atoms with E-state index in [1.807, 2.05) is 20.9 Å². The second kappa shape index (κ2) is 24.3. The maximum atomic E-state index is 10.6. The molecular formula is C13H31NOS. The molecule has 0 saturated carbocycles. The van der Waals surface area contributed by atoms with Gasteiger partial charge in [0.15, 0.2) is 0 Å². The Kier molecular flexibility index (Phi) is 32.3. The third kappa shape index (κ3) is 29.2. The number of Topliss-reactive ketones (excluding diaryl/α,β-unsaturated/α-hetero) is 1. The molecule has 100 valence electrons. The molecule has 1 N–H and O–H groups in total.